The van der Waals surface area contributed by atoms with Gasteiger partial charge in [-0.3, -0.25) is 9.78 Å². The molecule has 0 aliphatic carbocycles. The van der Waals surface area contributed by atoms with Crippen molar-refractivity contribution in [1.82, 2.24) is 34.5 Å². The first-order chi connectivity index (χ1) is 17.2. The van der Waals surface area contributed by atoms with E-state index < -0.39 is 0 Å². The number of hydrogen-bond acceptors (Lipinski definition) is 8. The first-order valence-corrected chi connectivity index (χ1v) is 12.6. The van der Waals surface area contributed by atoms with Gasteiger partial charge in [-0.25, -0.2) is 4.98 Å². The molecule has 1 atom stereocenters. The van der Waals surface area contributed by atoms with Gasteiger partial charge in [-0.05, 0) is 50.5 Å². The van der Waals surface area contributed by atoms with Gasteiger partial charge < -0.3 is 9.09 Å². The SMILES string of the molecule is C[C@@H](Sc1nc2nn(-c3ccccc3)c(=O)c-2c2n1CCCCC2)c1nc(-c2cccnc2)no1. The minimum Gasteiger partial charge on any atom is -0.338 e. The highest BCUT2D eigenvalue weighted by Gasteiger charge is 2.28. The van der Waals surface area contributed by atoms with Gasteiger partial charge in [-0.2, -0.15) is 9.67 Å². The summed E-state index contributed by atoms with van der Waals surface area (Å²) in [5, 5.41) is 9.41. The molecule has 0 N–H and O–H groups in total. The van der Waals surface area contributed by atoms with Crippen molar-refractivity contribution >= 4 is 11.8 Å². The molecule has 0 unspecified atom stereocenters. The number of fused-ring (bicyclic) bond motifs is 3. The molecule has 2 aromatic heterocycles. The summed E-state index contributed by atoms with van der Waals surface area (Å²) in [5.74, 6) is 1.49. The minimum absolute atomic E-state index is 0.119. The lowest BCUT2D eigenvalue weighted by atomic mass is 10.1. The average Bonchev–Trinajstić information content (AvgIpc) is 3.43. The van der Waals surface area contributed by atoms with Crippen LogP contribution in [-0.4, -0.2) is 34.5 Å². The fourth-order valence-electron chi connectivity index (χ4n) is 4.41. The summed E-state index contributed by atoms with van der Waals surface area (Å²) in [6.45, 7) is 2.83. The fraction of sp³-hybridized carbons (Fsp3) is 0.280. The Bertz CT molecular complexity index is 1490. The van der Waals surface area contributed by atoms with E-state index in [2.05, 4.69) is 24.8 Å². The summed E-state index contributed by atoms with van der Waals surface area (Å²) in [4.78, 5) is 27.0. The van der Waals surface area contributed by atoms with E-state index in [4.69, 9.17) is 9.51 Å². The Balaban J connectivity index is 1.40. The van der Waals surface area contributed by atoms with Gasteiger partial charge in [-0.1, -0.05) is 41.5 Å². The van der Waals surface area contributed by atoms with E-state index in [-0.39, 0.29) is 10.8 Å². The van der Waals surface area contributed by atoms with Gasteiger partial charge in [-0.15, -0.1) is 5.10 Å². The third-order valence-electron chi connectivity index (χ3n) is 6.16. The Morgan fingerprint density at radius 3 is 2.74 bits per heavy atom. The standard InChI is InChI=1S/C25H23N7O2S/c1-16(23-27-21(30-34-23)17-9-8-13-26-15-17)35-25-28-22-20(19-12-6-3-7-14-31(19)25)24(33)32(29-22)18-10-4-2-5-11-18/h2,4-5,8-11,13,15-16H,3,6-7,12,14H2,1H3/t16-/m1/s1. The normalized spacial score (nSPS) is 14.5. The van der Waals surface area contributed by atoms with E-state index in [0.29, 0.717) is 23.1 Å². The molecule has 5 heterocycles. The first kappa shape index (κ1) is 21.7. The highest BCUT2D eigenvalue weighted by molar-refractivity contribution is 7.99. The maximum Gasteiger partial charge on any atom is 0.284 e. The topological polar surface area (TPSA) is 105 Å². The molecule has 0 spiro atoms. The maximum atomic E-state index is 13.4. The van der Waals surface area contributed by atoms with Crippen molar-refractivity contribution < 1.29 is 4.52 Å². The highest BCUT2D eigenvalue weighted by atomic mass is 32.2. The zero-order valence-electron chi connectivity index (χ0n) is 19.2. The van der Waals surface area contributed by atoms with E-state index in [9.17, 15) is 4.79 Å². The molecule has 3 aromatic rings. The monoisotopic (exact) mass is 485 g/mol. The largest absolute Gasteiger partial charge is 0.338 e. The zero-order valence-corrected chi connectivity index (χ0v) is 20.0. The maximum absolute atomic E-state index is 13.4. The molecule has 0 bridgehead atoms. The van der Waals surface area contributed by atoms with Crippen LogP contribution in [0.1, 0.15) is 43.0 Å². The molecule has 35 heavy (non-hydrogen) atoms. The van der Waals surface area contributed by atoms with Gasteiger partial charge >= 0.3 is 0 Å². The van der Waals surface area contributed by atoms with Crippen molar-refractivity contribution in [3.63, 3.8) is 0 Å². The number of aromatic nitrogens is 7. The van der Waals surface area contributed by atoms with E-state index in [1.165, 1.54) is 4.68 Å². The summed E-state index contributed by atoms with van der Waals surface area (Å²) in [6, 6.07) is 13.2. The smallest absolute Gasteiger partial charge is 0.284 e. The van der Waals surface area contributed by atoms with Crippen molar-refractivity contribution in [3.05, 3.63) is 76.8 Å². The van der Waals surface area contributed by atoms with Crippen molar-refractivity contribution in [1.29, 1.82) is 0 Å². The van der Waals surface area contributed by atoms with Crippen LogP contribution in [0.15, 0.2) is 69.3 Å². The van der Waals surface area contributed by atoms with Crippen LogP contribution in [0, 0.1) is 0 Å². The average molecular weight is 486 g/mol. The molecular formula is C25H23N7O2S. The van der Waals surface area contributed by atoms with Crippen molar-refractivity contribution in [2.45, 2.75) is 49.6 Å². The van der Waals surface area contributed by atoms with Crippen LogP contribution in [0.25, 0.3) is 28.5 Å². The Morgan fingerprint density at radius 2 is 1.91 bits per heavy atom. The van der Waals surface area contributed by atoms with Crippen LogP contribution in [0.2, 0.25) is 0 Å². The first-order valence-electron chi connectivity index (χ1n) is 11.7. The molecule has 3 aliphatic rings. The van der Waals surface area contributed by atoms with Crippen LogP contribution in [0.5, 0.6) is 0 Å². The molecule has 6 rings (SSSR count). The zero-order chi connectivity index (χ0) is 23.8. The molecule has 176 valence electrons. The number of rotatable bonds is 5. The van der Waals surface area contributed by atoms with Gasteiger partial charge in [0, 0.05) is 30.2 Å². The number of benzene rings is 1. The van der Waals surface area contributed by atoms with Crippen LogP contribution < -0.4 is 5.56 Å². The lowest BCUT2D eigenvalue weighted by Gasteiger charge is -2.18. The Labute approximate surface area is 205 Å². The highest BCUT2D eigenvalue weighted by Crippen LogP contribution is 2.37. The second-order valence-corrected chi connectivity index (χ2v) is 9.82. The summed E-state index contributed by atoms with van der Waals surface area (Å²) < 4.78 is 9.22. The predicted octanol–water partition coefficient (Wildman–Crippen LogP) is 4.56. The Hall–Kier alpha value is -3.79. The molecule has 0 saturated carbocycles. The number of nitrogens with zero attached hydrogens (tertiary/aromatic N) is 7. The number of para-hydroxylation sites is 1. The van der Waals surface area contributed by atoms with Gasteiger partial charge in [0.25, 0.3) is 5.56 Å². The second kappa shape index (κ2) is 9.10. The lowest BCUT2D eigenvalue weighted by Crippen LogP contribution is -2.19. The predicted molar refractivity (Wildman–Crippen MR) is 132 cm³/mol. The Kier molecular flexibility index (Phi) is 5.65. The fourth-order valence-corrected chi connectivity index (χ4v) is 5.39. The van der Waals surface area contributed by atoms with Crippen LogP contribution in [0.3, 0.4) is 0 Å². The van der Waals surface area contributed by atoms with Crippen LogP contribution in [0.4, 0.5) is 0 Å². The third kappa shape index (κ3) is 4.03. The van der Waals surface area contributed by atoms with Gasteiger partial charge in [0.1, 0.15) is 5.56 Å². The molecular weight excluding hydrogens is 462 g/mol. The third-order valence-corrected chi connectivity index (χ3v) is 7.24. The molecule has 0 amide bonds. The van der Waals surface area contributed by atoms with Crippen molar-refractivity contribution in [3.8, 4) is 28.5 Å². The van der Waals surface area contributed by atoms with Crippen LogP contribution in [-0.2, 0) is 13.0 Å². The number of thioether (sulfide) groups is 1. The van der Waals surface area contributed by atoms with Gasteiger partial charge in [0.05, 0.1) is 10.9 Å². The van der Waals surface area contributed by atoms with E-state index in [1.807, 2.05) is 49.4 Å². The molecule has 0 fully saturated rings. The molecule has 1 aromatic carbocycles. The van der Waals surface area contributed by atoms with E-state index >= 15 is 0 Å². The van der Waals surface area contributed by atoms with Crippen molar-refractivity contribution in [2.24, 2.45) is 0 Å². The summed E-state index contributed by atoms with van der Waals surface area (Å²) in [6.07, 6.45) is 7.43. The van der Waals surface area contributed by atoms with E-state index in [0.717, 1.165) is 54.3 Å². The Morgan fingerprint density at radius 1 is 1.03 bits per heavy atom. The second-order valence-electron chi connectivity index (χ2n) is 8.51. The van der Waals surface area contributed by atoms with Crippen LogP contribution >= 0.6 is 11.8 Å². The number of pyridine rings is 1. The summed E-state index contributed by atoms with van der Waals surface area (Å²) in [5.41, 5.74) is 3.04. The van der Waals surface area contributed by atoms with Gasteiger partial charge in [0.2, 0.25) is 11.7 Å². The summed E-state index contributed by atoms with van der Waals surface area (Å²) >= 11 is 1.54. The quantitative estimate of drug-likeness (QED) is 0.264. The summed E-state index contributed by atoms with van der Waals surface area (Å²) in [7, 11) is 0. The minimum atomic E-state index is -0.138. The van der Waals surface area contributed by atoms with Gasteiger partial charge in [0.15, 0.2) is 11.0 Å². The molecule has 3 aliphatic heterocycles. The molecule has 10 heteroatoms. The number of hydrogen-bond donors (Lipinski definition) is 0. The van der Waals surface area contributed by atoms with E-state index in [1.54, 1.807) is 24.2 Å². The molecule has 9 nitrogen and oxygen atoms in total. The lowest BCUT2D eigenvalue weighted by molar-refractivity contribution is 0.380. The van der Waals surface area contributed by atoms with Crippen molar-refractivity contribution in [2.75, 3.05) is 0 Å². The molecule has 0 radical (unpaired) electrons. The molecule has 0 saturated heterocycles.